The van der Waals surface area contributed by atoms with Gasteiger partial charge in [-0.3, -0.25) is 0 Å². The largest absolute Gasteiger partial charge is 0.375 e. The first-order valence-corrected chi connectivity index (χ1v) is 6.57. The van der Waals surface area contributed by atoms with Crippen molar-refractivity contribution in [3.05, 3.63) is 70.8 Å². The molecule has 0 amide bonds. The minimum atomic E-state index is -0.558. The van der Waals surface area contributed by atoms with Crippen LogP contribution in [0.1, 0.15) is 22.7 Å². The second-order valence-electron chi connectivity index (χ2n) is 4.88. The van der Waals surface area contributed by atoms with Gasteiger partial charge >= 0.3 is 0 Å². The summed E-state index contributed by atoms with van der Waals surface area (Å²) in [5.74, 6) is -1.08. The smallest absolute Gasteiger partial charge is 0.130 e. The fraction of sp³-hybridized carbons (Fsp3) is 0.250. The van der Waals surface area contributed by atoms with Gasteiger partial charge in [-0.2, -0.15) is 0 Å². The SMILES string of the molecule is Fc1ccc(CNC2COCc3ccccc32)c(F)c1. The molecule has 4 heteroatoms. The second kappa shape index (κ2) is 5.69. The summed E-state index contributed by atoms with van der Waals surface area (Å²) in [5, 5.41) is 3.27. The monoisotopic (exact) mass is 275 g/mol. The van der Waals surface area contributed by atoms with Crippen LogP contribution in [0.2, 0.25) is 0 Å². The average Bonchev–Trinajstić information content (AvgIpc) is 2.46. The Morgan fingerprint density at radius 1 is 1.15 bits per heavy atom. The van der Waals surface area contributed by atoms with E-state index in [1.807, 2.05) is 18.2 Å². The predicted octanol–water partition coefficient (Wildman–Crippen LogP) is 3.33. The first kappa shape index (κ1) is 13.2. The number of hydrogen-bond donors (Lipinski definition) is 1. The Hall–Kier alpha value is -1.78. The lowest BCUT2D eigenvalue weighted by Gasteiger charge is -2.26. The Labute approximate surface area is 116 Å². The molecule has 1 heterocycles. The van der Waals surface area contributed by atoms with E-state index in [9.17, 15) is 8.78 Å². The number of benzene rings is 2. The van der Waals surface area contributed by atoms with Crippen LogP contribution in [-0.4, -0.2) is 6.61 Å². The van der Waals surface area contributed by atoms with Gasteiger partial charge in [-0.1, -0.05) is 30.3 Å². The van der Waals surface area contributed by atoms with E-state index in [1.165, 1.54) is 17.7 Å². The highest BCUT2D eigenvalue weighted by molar-refractivity contribution is 5.31. The van der Waals surface area contributed by atoms with Crippen LogP contribution in [0, 0.1) is 11.6 Å². The van der Waals surface area contributed by atoms with Crippen LogP contribution in [0.4, 0.5) is 8.78 Å². The summed E-state index contributed by atoms with van der Waals surface area (Å²) in [6, 6.07) is 11.7. The van der Waals surface area contributed by atoms with E-state index in [2.05, 4.69) is 11.4 Å². The molecule has 0 aliphatic carbocycles. The quantitative estimate of drug-likeness (QED) is 0.927. The number of hydrogen-bond acceptors (Lipinski definition) is 2. The van der Waals surface area contributed by atoms with Crippen LogP contribution >= 0.6 is 0 Å². The van der Waals surface area contributed by atoms with E-state index in [0.717, 1.165) is 11.6 Å². The van der Waals surface area contributed by atoms with Gasteiger partial charge in [0.25, 0.3) is 0 Å². The van der Waals surface area contributed by atoms with E-state index in [1.54, 1.807) is 0 Å². The van der Waals surface area contributed by atoms with Crippen LogP contribution in [-0.2, 0) is 17.9 Å². The van der Waals surface area contributed by atoms with Crippen molar-refractivity contribution in [2.45, 2.75) is 19.2 Å². The molecule has 104 valence electrons. The van der Waals surface area contributed by atoms with E-state index < -0.39 is 11.6 Å². The number of rotatable bonds is 3. The highest BCUT2D eigenvalue weighted by atomic mass is 19.1. The molecule has 0 spiro atoms. The number of nitrogens with one attached hydrogen (secondary N) is 1. The molecule has 20 heavy (non-hydrogen) atoms. The molecule has 2 aromatic carbocycles. The summed E-state index contributed by atoms with van der Waals surface area (Å²) in [5.41, 5.74) is 2.78. The zero-order chi connectivity index (χ0) is 13.9. The van der Waals surface area contributed by atoms with Crippen molar-refractivity contribution in [1.29, 1.82) is 0 Å². The molecule has 3 rings (SSSR count). The van der Waals surface area contributed by atoms with Gasteiger partial charge in [-0.05, 0) is 17.2 Å². The van der Waals surface area contributed by atoms with Crippen molar-refractivity contribution in [1.82, 2.24) is 5.32 Å². The minimum Gasteiger partial charge on any atom is -0.375 e. The Balaban J connectivity index is 1.73. The molecule has 1 atom stereocenters. The molecule has 0 bridgehead atoms. The summed E-state index contributed by atoms with van der Waals surface area (Å²) in [6.45, 7) is 1.51. The zero-order valence-corrected chi connectivity index (χ0v) is 10.9. The van der Waals surface area contributed by atoms with Gasteiger partial charge in [-0.15, -0.1) is 0 Å². The van der Waals surface area contributed by atoms with Gasteiger partial charge < -0.3 is 10.1 Å². The van der Waals surface area contributed by atoms with Crippen molar-refractivity contribution in [2.24, 2.45) is 0 Å². The van der Waals surface area contributed by atoms with Gasteiger partial charge in [0.1, 0.15) is 11.6 Å². The average molecular weight is 275 g/mol. The van der Waals surface area contributed by atoms with E-state index >= 15 is 0 Å². The fourth-order valence-electron chi connectivity index (χ4n) is 2.45. The molecular formula is C16H15F2NO. The molecule has 1 aliphatic heterocycles. The molecule has 2 aromatic rings. The molecule has 1 aliphatic rings. The van der Waals surface area contributed by atoms with Gasteiger partial charge in [0.2, 0.25) is 0 Å². The summed E-state index contributed by atoms with van der Waals surface area (Å²) in [6.07, 6.45) is 0. The third-order valence-electron chi connectivity index (χ3n) is 3.53. The normalized spacial score (nSPS) is 17.8. The molecule has 2 nitrogen and oxygen atoms in total. The van der Waals surface area contributed by atoms with Gasteiger partial charge in [0, 0.05) is 18.2 Å². The minimum absolute atomic E-state index is 0.0319. The standard InChI is InChI=1S/C16H15F2NO/c17-13-6-5-11(15(18)7-13)8-19-16-10-20-9-12-3-1-2-4-14(12)16/h1-7,16,19H,8-10H2. The van der Waals surface area contributed by atoms with E-state index in [0.29, 0.717) is 25.3 Å². The molecule has 0 saturated carbocycles. The lowest BCUT2D eigenvalue weighted by molar-refractivity contribution is 0.0816. The predicted molar refractivity (Wildman–Crippen MR) is 72.0 cm³/mol. The third-order valence-corrected chi connectivity index (χ3v) is 3.53. The Kier molecular flexibility index (Phi) is 3.76. The molecule has 0 aromatic heterocycles. The number of ether oxygens (including phenoxy) is 1. The Morgan fingerprint density at radius 3 is 2.85 bits per heavy atom. The Bertz CT molecular complexity index is 615. The van der Waals surface area contributed by atoms with Gasteiger partial charge in [0.05, 0.1) is 19.3 Å². The molecule has 0 fully saturated rings. The first-order chi connectivity index (χ1) is 9.74. The summed E-state index contributed by atoms with van der Waals surface area (Å²) < 4.78 is 32.0. The highest BCUT2D eigenvalue weighted by Crippen LogP contribution is 2.24. The van der Waals surface area contributed by atoms with Crippen LogP contribution in [0.15, 0.2) is 42.5 Å². The van der Waals surface area contributed by atoms with Gasteiger partial charge in [0.15, 0.2) is 0 Å². The van der Waals surface area contributed by atoms with Crippen molar-refractivity contribution in [3.8, 4) is 0 Å². The summed E-state index contributed by atoms with van der Waals surface area (Å²) >= 11 is 0. The van der Waals surface area contributed by atoms with Crippen molar-refractivity contribution in [3.63, 3.8) is 0 Å². The fourth-order valence-corrected chi connectivity index (χ4v) is 2.45. The molecule has 0 radical (unpaired) electrons. The molecule has 1 N–H and O–H groups in total. The van der Waals surface area contributed by atoms with Crippen molar-refractivity contribution < 1.29 is 13.5 Å². The van der Waals surface area contributed by atoms with E-state index in [4.69, 9.17) is 4.74 Å². The maximum absolute atomic E-state index is 13.6. The Morgan fingerprint density at radius 2 is 2.00 bits per heavy atom. The molecular weight excluding hydrogens is 260 g/mol. The number of halogens is 2. The summed E-state index contributed by atoms with van der Waals surface area (Å²) in [4.78, 5) is 0. The highest BCUT2D eigenvalue weighted by Gasteiger charge is 2.20. The lowest BCUT2D eigenvalue weighted by atomic mass is 9.99. The maximum atomic E-state index is 13.6. The van der Waals surface area contributed by atoms with Crippen LogP contribution in [0.3, 0.4) is 0 Å². The first-order valence-electron chi connectivity index (χ1n) is 6.57. The lowest BCUT2D eigenvalue weighted by Crippen LogP contribution is -2.29. The summed E-state index contributed by atoms with van der Waals surface area (Å²) in [7, 11) is 0. The van der Waals surface area contributed by atoms with Crippen LogP contribution in [0.5, 0.6) is 0 Å². The second-order valence-corrected chi connectivity index (χ2v) is 4.88. The third kappa shape index (κ3) is 2.71. The van der Waals surface area contributed by atoms with Crippen LogP contribution in [0.25, 0.3) is 0 Å². The van der Waals surface area contributed by atoms with Crippen molar-refractivity contribution in [2.75, 3.05) is 6.61 Å². The topological polar surface area (TPSA) is 21.3 Å². The van der Waals surface area contributed by atoms with Crippen LogP contribution < -0.4 is 5.32 Å². The van der Waals surface area contributed by atoms with Gasteiger partial charge in [-0.25, -0.2) is 8.78 Å². The zero-order valence-electron chi connectivity index (χ0n) is 10.9. The molecule has 1 unspecified atom stereocenters. The maximum Gasteiger partial charge on any atom is 0.130 e. The van der Waals surface area contributed by atoms with E-state index in [-0.39, 0.29) is 6.04 Å². The number of fused-ring (bicyclic) bond motifs is 1. The van der Waals surface area contributed by atoms with Crippen molar-refractivity contribution >= 4 is 0 Å². The molecule has 0 saturated heterocycles.